The number of alkyl halides is 1. The SMILES string of the molecule is Nc1nc2c(ncn2[C@@H]2O[C@H](CO)[C@@H](F)[C@H]2P(=O)(S)OC[C@H]2O[C@@H](n3cc(F)c4c(=O)[nH]cnc43)C[C@@H]2O[PH](=O)S)c(=O)[nH]1. The average molecular weight is 697 g/mol. The molecule has 44 heavy (non-hydrogen) atoms. The van der Waals surface area contributed by atoms with Crippen molar-refractivity contribution in [3.63, 3.8) is 0 Å². The van der Waals surface area contributed by atoms with Crippen molar-refractivity contribution in [1.29, 1.82) is 0 Å². The van der Waals surface area contributed by atoms with Crippen LogP contribution in [-0.4, -0.2) is 82.5 Å². The third kappa shape index (κ3) is 5.54. The normalized spacial score (nSPS) is 29.4. The Kier molecular flexibility index (Phi) is 8.53. The van der Waals surface area contributed by atoms with Crippen molar-refractivity contribution in [3.05, 3.63) is 45.4 Å². The predicted molar refractivity (Wildman–Crippen MR) is 156 cm³/mol. The summed E-state index contributed by atoms with van der Waals surface area (Å²) in [5.74, 6) is -1.13. The van der Waals surface area contributed by atoms with Crippen LogP contribution in [0, 0.1) is 5.82 Å². The van der Waals surface area contributed by atoms with Gasteiger partial charge in [-0.25, -0.2) is 18.7 Å². The molecule has 4 aromatic rings. The summed E-state index contributed by atoms with van der Waals surface area (Å²) < 4.78 is 81.2. The Balaban J connectivity index is 1.28. The van der Waals surface area contributed by atoms with E-state index in [1.165, 1.54) is 4.57 Å². The monoisotopic (exact) mass is 696 g/mol. The van der Waals surface area contributed by atoms with Gasteiger partial charge in [0.2, 0.25) is 13.2 Å². The minimum Gasteiger partial charge on any atom is -0.394 e. The molecule has 2 aliphatic rings. The Labute approximate surface area is 255 Å². The number of aromatic nitrogens is 7. The molecule has 0 aliphatic carbocycles. The number of fused-ring (bicyclic) bond motifs is 2. The van der Waals surface area contributed by atoms with Gasteiger partial charge < -0.3 is 38.9 Å². The highest BCUT2D eigenvalue weighted by molar-refractivity contribution is 8.46. The van der Waals surface area contributed by atoms with Gasteiger partial charge in [-0.15, -0.1) is 0 Å². The van der Waals surface area contributed by atoms with E-state index in [2.05, 4.69) is 49.4 Å². The van der Waals surface area contributed by atoms with E-state index in [0.29, 0.717) is 0 Å². The Morgan fingerprint density at radius 2 is 2.00 bits per heavy atom. The summed E-state index contributed by atoms with van der Waals surface area (Å²) in [5.41, 5.74) is 2.32. The van der Waals surface area contributed by atoms with E-state index in [4.69, 9.17) is 24.3 Å². The van der Waals surface area contributed by atoms with Gasteiger partial charge in [0.1, 0.15) is 35.7 Å². The highest BCUT2D eigenvalue weighted by Crippen LogP contribution is 2.64. The van der Waals surface area contributed by atoms with Gasteiger partial charge in [0.25, 0.3) is 17.7 Å². The lowest BCUT2D eigenvalue weighted by Gasteiger charge is -2.27. The second kappa shape index (κ2) is 12.0. The van der Waals surface area contributed by atoms with E-state index >= 15 is 4.39 Å². The van der Waals surface area contributed by atoms with Crippen molar-refractivity contribution in [2.75, 3.05) is 18.9 Å². The number of nitrogens with one attached hydrogen (secondary N) is 2. The molecule has 0 bridgehead atoms. The average Bonchev–Trinajstić information content (AvgIpc) is 3.71. The number of rotatable bonds is 9. The van der Waals surface area contributed by atoms with E-state index < -0.39 is 86.5 Å². The zero-order valence-corrected chi connectivity index (χ0v) is 25.7. The fourth-order valence-electron chi connectivity index (χ4n) is 5.37. The summed E-state index contributed by atoms with van der Waals surface area (Å²) >= 11 is 8.01. The van der Waals surface area contributed by atoms with Gasteiger partial charge in [-0.2, -0.15) is 4.98 Å². The molecule has 0 radical (unpaired) electrons. The van der Waals surface area contributed by atoms with Crippen LogP contribution in [-0.2, 0) is 27.7 Å². The van der Waals surface area contributed by atoms with Crippen LogP contribution >= 0.6 is 38.3 Å². The Hall–Kier alpha value is -2.61. The van der Waals surface area contributed by atoms with Gasteiger partial charge in [-0.05, 0) is 0 Å². The topological polar surface area (TPSA) is 232 Å². The molecule has 9 atom stereocenters. The van der Waals surface area contributed by atoms with Gasteiger partial charge in [0, 0.05) is 12.6 Å². The summed E-state index contributed by atoms with van der Waals surface area (Å²) in [4.78, 5) is 41.0. The zero-order valence-electron chi connectivity index (χ0n) is 22.0. The van der Waals surface area contributed by atoms with Gasteiger partial charge in [-0.3, -0.25) is 28.3 Å². The molecule has 0 spiro atoms. The predicted octanol–water partition coefficient (Wildman–Crippen LogP) is 1.31. The molecule has 17 nitrogen and oxygen atoms in total. The largest absolute Gasteiger partial charge is 0.394 e. The van der Waals surface area contributed by atoms with Crippen LogP contribution in [0.5, 0.6) is 0 Å². The molecule has 23 heteroatoms. The number of nitrogens with zero attached hydrogens (tertiary/aromatic N) is 5. The Morgan fingerprint density at radius 3 is 2.73 bits per heavy atom. The fourth-order valence-corrected chi connectivity index (χ4v) is 8.82. The quantitative estimate of drug-likeness (QED) is 0.107. The molecule has 2 fully saturated rings. The first-order valence-corrected chi connectivity index (χ1v) is 18.2. The number of thiol groups is 2. The van der Waals surface area contributed by atoms with Crippen LogP contribution in [0.15, 0.2) is 28.4 Å². The number of imidazole rings is 1. The van der Waals surface area contributed by atoms with Crippen LogP contribution in [0.1, 0.15) is 18.9 Å². The summed E-state index contributed by atoms with van der Waals surface area (Å²) in [6, 6.07) is 0. The van der Waals surface area contributed by atoms with Crippen LogP contribution in [0.25, 0.3) is 22.2 Å². The first kappa shape index (κ1) is 31.4. The third-order valence-corrected chi connectivity index (χ3v) is 11.1. The van der Waals surface area contributed by atoms with Crippen molar-refractivity contribution < 1.29 is 41.5 Å². The van der Waals surface area contributed by atoms with Crippen LogP contribution < -0.4 is 16.9 Å². The molecule has 0 saturated carbocycles. The van der Waals surface area contributed by atoms with Crippen molar-refractivity contribution >= 4 is 66.4 Å². The lowest BCUT2D eigenvalue weighted by atomic mass is 10.2. The second-order valence-electron chi connectivity index (χ2n) is 9.92. The van der Waals surface area contributed by atoms with Crippen LogP contribution in [0.4, 0.5) is 14.7 Å². The summed E-state index contributed by atoms with van der Waals surface area (Å²) in [7, 11) is -2.85. The fraction of sp³-hybridized carbons (Fsp3) is 0.476. The summed E-state index contributed by atoms with van der Waals surface area (Å²) in [6.45, 7) is -5.69. The molecule has 6 heterocycles. The minimum absolute atomic E-state index is 0.0307. The lowest BCUT2D eigenvalue weighted by Crippen LogP contribution is -2.32. The molecule has 4 aromatic heterocycles. The molecular weight excluding hydrogens is 672 g/mol. The van der Waals surface area contributed by atoms with Gasteiger partial charge in [0.15, 0.2) is 28.9 Å². The number of H-pyrrole nitrogens is 2. The van der Waals surface area contributed by atoms with Crippen LogP contribution in [0.2, 0.25) is 0 Å². The zero-order chi connectivity index (χ0) is 31.5. The number of nitrogens with two attached hydrogens (primary N) is 1. The van der Waals surface area contributed by atoms with E-state index in [9.17, 15) is 28.2 Å². The van der Waals surface area contributed by atoms with Gasteiger partial charge >= 0.3 is 0 Å². The summed E-state index contributed by atoms with van der Waals surface area (Å²) in [6.07, 6.45) is -4.88. The van der Waals surface area contributed by atoms with E-state index in [1.54, 1.807) is 0 Å². The first-order valence-electron chi connectivity index (χ1n) is 12.8. The number of aliphatic hydroxyl groups excluding tert-OH is 1. The van der Waals surface area contributed by atoms with Crippen molar-refractivity contribution in [1.82, 2.24) is 34.1 Å². The smallest absolute Gasteiger partial charge is 0.280 e. The maximum Gasteiger partial charge on any atom is 0.280 e. The molecule has 238 valence electrons. The number of aromatic amines is 2. The number of halogens is 2. The second-order valence-corrected chi connectivity index (χ2v) is 15.4. The molecule has 2 unspecified atom stereocenters. The Bertz CT molecular complexity index is 1920. The Morgan fingerprint density at radius 1 is 1.23 bits per heavy atom. The van der Waals surface area contributed by atoms with E-state index in [0.717, 1.165) is 23.4 Å². The third-order valence-electron chi connectivity index (χ3n) is 7.31. The van der Waals surface area contributed by atoms with Crippen LogP contribution in [0.3, 0.4) is 0 Å². The molecule has 2 aliphatic heterocycles. The van der Waals surface area contributed by atoms with Gasteiger partial charge in [0.05, 0.1) is 32.0 Å². The number of nitrogen functional groups attached to an aromatic ring is 1. The van der Waals surface area contributed by atoms with E-state index in [-0.39, 0.29) is 34.6 Å². The number of hydrogen-bond donors (Lipinski definition) is 6. The molecule has 6 rings (SSSR count). The number of anilines is 1. The van der Waals surface area contributed by atoms with Gasteiger partial charge in [-0.1, -0.05) is 24.5 Å². The van der Waals surface area contributed by atoms with Crippen molar-refractivity contribution in [2.24, 2.45) is 0 Å². The highest BCUT2D eigenvalue weighted by Gasteiger charge is 2.55. The van der Waals surface area contributed by atoms with Crippen molar-refractivity contribution in [2.45, 2.75) is 49.0 Å². The highest BCUT2D eigenvalue weighted by atomic mass is 32.7. The maximum atomic E-state index is 15.7. The number of ether oxygens (including phenoxy) is 2. The maximum absolute atomic E-state index is 15.7. The standard InChI is InChI=1S/C21H24F2N8O9P2S2/c22-7-2-30(16-12(7)18(33)26-5-25-16)11-1-8(40-41(35)43)10(38-11)4-37-42(36,44)15-13(23)9(3-32)39-20(15)31-6-27-14-17(31)28-21(24)29-19(14)34/h2,5-6,8-11,13,15,20,32,41H,1,3-4H2,(H,35,43)(H,36,44)(H,25,26,33)(H3,24,28,29,34)/t8-,9+,10+,11+,13+,15+,20+,42?/m0/s1. The molecule has 5 N–H and O–H groups in total. The number of aliphatic hydroxyl groups is 1. The lowest BCUT2D eigenvalue weighted by molar-refractivity contribution is -0.0352. The minimum atomic E-state index is -4.35. The van der Waals surface area contributed by atoms with Crippen molar-refractivity contribution in [3.8, 4) is 0 Å². The molecule has 2 saturated heterocycles. The first-order chi connectivity index (χ1) is 20.9. The summed E-state index contributed by atoms with van der Waals surface area (Å²) in [5, 5.41) is 9.42. The molecule has 0 aromatic carbocycles. The molecular formula is C21H24F2N8O9P2S2. The molecule has 0 amide bonds. The van der Waals surface area contributed by atoms with E-state index in [1.807, 2.05) is 0 Å². The number of hydrogen-bond acceptors (Lipinski definition) is 13.